The van der Waals surface area contributed by atoms with Crippen LogP contribution in [-0.2, 0) is 24.4 Å². The normalized spacial score (nSPS) is 16.4. The number of carbonyl (C=O) groups is 1. The molecule has 0 aromatic heterocycles. The molecule has 1 heterocycles. The van der Waals surface area contributed by atoms with Crippen molar-refractivity contribution in [2.45, 2.75) is 52.2 Å². The van der Waals surface area contributed by atoms with Gasteiger partial charge < -0.3 is 20.3 Å². The Morgan fingerprint density at radius 3 is 2.53 bits per heavy atom. The number of aliphatic imine (C=N–C) groups is 1. The maximum atomic E-state index is 11.8. The van der Waals surface area contributed by atoms with Crippen molar-refractivity contribution in [1.29, 1.82) is 0 Å². The van der Waals surface area contributed by atoms with Gasteiger partial charge in [-0.1, -0.05) is 36.4 Å². The van der Waals surface area contributed by atoms with Crippen molar-refractivity contribution in [1.82, 2.24) is 15.5 Å². The van der Waals surface area contributed by atoms with Gasteiger partial charge >= 0.3 is 0 Å². The van der Waals surface area contributed by atoms with Gasteiger partial charge in [-0.15, -0.1) is 0 Å². The highest BCUT2D eigenvalue weighted by molar-refractivity contribution is 5.79. The molecule has 170 valence electrons. The van der Waals surface area contributed by atoms with E-state index in [0.29, 0.717) is 26.1 Å². The summed E-state index contributed by atoms with van der Waals surface area (Å²) in [6.07, 6.45) is 4.23. The average Bonchev–Trinajstić information content (AvgIpc) is 3.55. The SMILES string of the molecule is CN=C(NCc1ccc(CN2CCCC2=O)cc1)NCc1ccc(C)cc1OCC1CC1. The number of amides is 1. The maximum Gasteiger partial charge on any atom is 0.222 e. The van der Waals surface area contributed by atoms with E-state index in [2.05, 4.69) is 65.0 Å². The van der Waals surface area contributed by atoms with E-state index >= 15 is 0 Å². The van der Waals surface area contributed by atoms with Crippen molar-refractivity contribution >= 4 is 11.9 Å². The number of hydrogen-bond acceptors (Lipinski definition) is 3. The van der Waals surface area contributed by atoms with Crippen molar-refractivity contribution in [3.8, 4) is 5.75 Å². The van der Waals surface area contributed by atoms with Crippen molar-refractivity contribution in [3.05, 3.63) is 64.7 Å². The molecule has 1 aliphatic carbocycles. The molecule has 2 N–H and O–H groups in total. The number of nitrogens with zero attached hydrogens (tertiary/aromatic N) is 2. The topological polar surface area (TPSA) is 66.0 Å². The molecule has 4 rings (SSSR count). The lowest BCUT2D eigenvalue weighted by atomic mass is 10.1. The Morgan fingerprint density at radius 2 is 1.84 bits per heavy atom. The third-order valence-electron chi connectivity index (χ3n) is 6.09. The fourth-order valence-electron chi connectivity index (χ4n) is 3.87. The molecule has 0 spiro atoms. The molecule has 2 aromatic carbocycles. The van der Waals surface area contributed by atoms with Gasteiger partial charge in [0.1, 0.15) is 5.75 Å². The number of benzene rings is 2. The molecule has 2 aromatic rings. The summed E-state index contributed by atoms with van der Waals surface area (Å²) in [5.74, 6) is 2.71. The summed E-state index contributed by atoms with van der Waals surface area (Å²) < 4.78 is 6.08. The monoisotopic (exact) mass is 434 g/mol. The van der Waals surface area contributed by atoms with E-state index in [1.807, 2.05) is 4.90 Å². The van der Waals surface area contributed by atoms with Crippen LogP contribution < -0.4 is 15.4 Å². The van der Waals surface area contributed by atoms with Gasteiger partial charge in [0.2, 0.25) is 5.91 Å². The molecule has 0 bridgehead atoms. The van der Waals surface area contributed by atoms with Crippen LogP contribution in [0.3, 0.4) is 0 Å². The predicted molar refractivity (Wildman–Crippen MR) is 128 cm³/mol. The fraction of sp³-hybridized carbons (Fsp3) is 0.462. The van der Waals surface area contributed by atoms with Gasteiger partial charge in [-0.2, -0.15) is 0 Å². The van der Waals surface area contributed by atoms with E-state index < -0.39 is 0 Å². The highest BCUT2D eigenvalue weighted by Crippen LogP contribution is 2.30. The van der Waals surface area contributed by atoms with Crippen molar-refractivity contribution in [2.24, 2.45) is 10.9 Å². The van der Waals surface area contributed by atoms with E-state index in [4.69, 9.17) is 4.74 Å². The molecule has 6 heteroatoms. The van der Waals surface area contributed by atoms with Gasteiger partial charge in [0.25, 0.3) is 0 Å². The number of carbonyl (C=O) groups excluding carboxylic acids is 1. The van der Waals surface area contributed by atoms with Crippen LogP contribution in [0.1, 0.15) is 47.9 Å². The van der Waals surface area contributed by atoms with Crippen molar-refractivity contribution < 1.29 is 9.53 Å². The first-order chi connectivity index (χ1) is 15.6. The minimum absolute atomic E-state index is 0.264. The van der Waals surface area contributed by atoms with E-state index in [-0.39, 0.29) is 5.91 Å². The highest BCUT2D eigenvalue weighted by atomic mass is 16.5. The number of rotatable bonds is 9. The van der Waals surface area contributed by atoms with Crippen LogP contribution >= 0.6 is 0 Å². The lowest BCUT2D eigenvalue weighted by molar-refractivity contribution is -0.128. The number of hydrogen-bond donors (Lipinski definition) is 2. The minimum atomic E-state index is 0.264. The molecular weight excluding hydrogens is 400 g/mol. The summed E-state index contributed by atoms with van der Waals surface area (Å²) in [6.45, 7) is 5.82. The molecule has 1 amide bonds. The summed E-state index contributed by atoms with van der Waals surface area (Å²) in [5.41, 5.74) is 4.69. The van der Waals surface area contributed by atoms with Crippen LogP contribution in [0, 0.1) is 12.8 Å². The Hall–Kier alpha value is -3.02. The van der Waals surface area contributed by atoms with Crippen LogP contribution in [0.25, 0.3) is 0 Å². The molecule has 0 atom stereocenters. The maximum absolute atomic E-state index is 11.8. The molecule has 1 saturated carbocycles. The van der Waals surface area contributed by atoms with Gasteiger partial charge in [0, 0.05) is 45.2 Å². The molecule has 0 radical (unpaired) electrons. The Balaban J connectivity index is 1.26. The summed E-state index contributed by atoms with van der Waals surface area (Å²) in [5, 5.41) is 6.78. The Kier molecular flexibility index (Phi) is 7.30. The zero-order valence-corrected chi connectivity index (χ0v) is 19.2. The molecule has 2 fully saturated rings. The number of aryl methyl sites for hydroxylation is 1. The summed E-state index contributed by atoms with van der Waals surface area (Å²) in [6, 6.07) is 14.8. The van der Waals surface area contributed by atoms with Gasteiger partial charge in [0.05, 0.1) is 6.61 Å². The van der Waals surface area contributed by atoms with Gasteiger partial charge in [-0.25, -0.2) is 0 Å². The van der Waals surface area contributed by atoms with Crippen molar-refractivity contribution in [3.63, 3.8) is 0 Å². The summed E-state index contributed by atoms with van der Waals surface area (Å²) >= 11 is 0. The Morgan fingerprint density at radius 1 is 1.09 bits per heavy atom. The van der Waals surface area contributed by atoms with Gasteiger partial charge in [-0.05, 0) is 54.9 Å². The average molecular weight is 435 g/mol. The first-order valence-electron chi connectivity index (χ1n) is 11.6. The lowest BCUT2D eigenvalue weighted by Crippen LogP contribution is -2.36. The lowest BCUT2D eigenvalue weighted by Gasteiger charge is -2.16. The van der Waals surface area contributed by atoms with Crippen LogP contribution in [0.2, 0.25) is 0 Å². The molecular formula is C26H34N4O2. The molecule has 6 nitrogen and oxygen atoms in total. The first kappa shape index (κ1) is 22.2. The van der Waals surface area contributed by atoms with E-state index in [0.717, 1.165) is 42.8 Å². The molecule has 1 saturated heterocycles. The van der Waals surface area contributed by atoms with Crippen LogP contribution in [-0.4, -0.2) is 37.0 Å². The van der Waals surface area contributed by atoms with Gasteiger partial charge in [0.15, 0.2) is 5.96 Å². The Labute approximate surface area is 191 Å². The van der Waals surface area contributed by atoms with Crippen LogP contribution in [0.15, 0.2) is 47.5 Å². The third kappa shape index (κ3) is 6.25. The molecule has 2 aliphatic rings. The zero-order valence-electron chi connectivity index (χ0n) is 19.2. The second kappa shape index (κ2) is 10.5. The third-order valence-corrected chi connectivity index (χ3v) is 6.09. The second-order valence-corrected chi connectivity index (χ2v) is 8.88. The van der Waals surface area contributed by atoms with E-state index in [1.54, 1.807) is 7.05 Å². The first-order valence-corrected chi connectivity index (χ1v) is 11.6. The molecule has 1 aliphatic heterocycles. The fourth-order valence-corrected chi connectivity index (χ4v) is 3.87. The van der Waals surface area contributed by atoms with Crippen LogP contribution in [0.5, 0.6) is 5.75 Å². The number of ether oxygens (including phenoxy) is 1. The summed E-state index contributed by atoms with van der Waals surface area (Å²) in [7, 11) is 1.78. The Bertz CT molecular complexity index is 951. The molecule has 32 heavy (non-hydrogen) atoms. The van der Waals surface area contributed by atoms with Crippen LogP contribution in [0.4, 0.5) is 0 Å². The largest absolute Gasteiger partial charge is 0.493 e. The predicted octanol–water partition coefficient (Wildman–Crippen LogP) is 3.77. The minimum Gasteiger partial charge on any atom is -0.493 e. The molecule has 0 unspecified atom stereocenters. The summed E-state index contributed by atoms with van der Waals surface area (Å²) in [4.78, 5) is 18.1. The van der Waals surface area contributed by atoms with E-state index in [9.17, 15) is 4.79 Å². The number of likely N-dealkylation sites (tertiary alicyclic amines) is 1. The standard InChI is InChI=1S/C26H34N4O2/c1-19-5-12-23(24(14-19)32-18-22-10-11-22)16-29-26(27-2)28-15-20-6-8-21(9-7-20)17-30-13-3-4-25(30)31/h5-9,12,14,22H,3-4,10-11,13,15-18H2,1-2H3,(H2,27,28,29). The van der Waals surface area contributed by atoms with Crippen molar-refractivity contribution in [2.75, 3.05) is 20.2 Å². The van der Waals surface area contributed by atoms with Gasteiger partial charge in [-0.3, -0.25) is 9.79 Å². The highest BCUT2D eigenvalue weighted by Gasteiger charge is 2.22. The second-order valence-electron chi connectivity index (χ2n) is 8.88. The smallest absolute Gasteiger partial charge is 0.222 e. The number of nitrogens with one attached hydrogen (secondary N) is 2. The number of guanidine groups is 1. The van der Waals surface area contributed by atoms with E-state index in [1.165, 1.54) is 29.5 Å². The zero-order chi connectivity index (χ0) is 22.3. The quantitative estimate of drug-likeness (QED) is 0.466.